The normalized spacial score (nSPS) is 48.2. The van der Waals surface area contributed by atoms with E-state index in [4.69, 9.17) is 0 Å². The highest BCUT2D eigenvalue weighted by atomic mass is 19.1. The Labute approximate surface area is 179 Å². The van der Waals surface area contributed by atoms with Crippen molar-refractivity contribution < 1.29 is 9.18 Å². The van der Waals surface area contributed by atoms with Crippen molar-refractivity contribution in [3.63, 3.8) is 0 Å². The van der Waals surface area contributed by atoms with Crippen molar-refractivity contribution in [3.05, 3.63) is 0 Å². The number of hydrogen-bond donors (Lipinski definition) is 0. The number of carbonyl (C=O) groups is 1. The number of hydrogen-bond acceptors (Lipinski definition) is 1. The summed E-state index contributed by atoms with van der Waals surface area (Å²) in [6, 6.07) is 0. The van der Waals surface area contributed by atoms with Crippen molar-refractivity contribution in [3.8, 4) is 0 Å². The van der Waals surface area contributed by atoms with Gasteiger partial charge in [0, 0.05) is 6.42 Å². The van der Waals surface area contributed by atoms with Gasteiger partial charge >= 0.3 is 0 Å². The van der Waals surface area contributed by atoms with Gasteiger partial charge in [-0.2, -0.15) is 0 Å². The van der Waals surface area contributed by atoms with Gasteiger partial charge in [-0.15, -0.1) is 0 Å². The van der Waals surface area contributed by atoms with Gasteiger partial charge in [0.2, 0.25) is 0 Å². The summed E-state index contributed by atoms with van der Waals surface area (Å²) >= 11 is 0. The maximum atomic E-state index is 14.5. The molecule has 4 saturated carbocycles. The van der Waals surface area contributed by atoms with Crippen LogP contribution >= 0.6 is 0 Å². The van der Waals surface area contributed by atoms with Crippen LogP contribution in [0.3, 0.4) is 0 Å². The molecule has 2 unspecified atom stereocenters. The third-order valence-electron chi connectivity index (χ3n) is 10.7. The fourth-order valence-corrected chi connectivity index (χ4v) is 9.08. The molecule has 4 fully saturated rings. The Hall–Kier alpha value is -0.400. The molecular weight excluding hydrogens is 359 g/mol. The molecular formula is C27H45FO. The summed E-state index contributed by atoms with van der Waals surface area (Å²) in [7, 11) is 0. The summed E-state index contributed by atoms with van der Waals surface area (Å²) in [5.74, 6) is 5.16. The van der Waals surface area contributed by atoms with E-state index >= 15 is 0 Å². The fraction of sp³-hybridized carbons (Fsp3) is 0.963. The van der Waals surface area contributed by atoms with Gasteiger partial charge in [-0.05, 0) is 97.2 Å². The van der Waals surface area contributed by atoms with Crippen LogP contribution in [0.2, 0.25) is 0 Å². The second kappa shape index (κ2) is 7.94. The molecule has 9 atom stereocenters. The SMILES string of the molecule is CC(C)CCC[C@@H](C)[C@H]1CC[C@H]2[C@@H]3CCC4CC(=O)C(F)C[C@]4(C)[C@H]3CC[C@]12C. The van der Waals surface area contributed by atoms with Gasteiger partial charge in [0.1, 0.15) is 0 Å². The highest BCUT2D eigenvalue weighted by Gasteiger charge is 2.61. The highest BCUT2D eigenvalue weighted by molar-refractivity contribution is 5.84. The summed E-state index contributed by atoms with van der Waals surface area (Å²) in [4.78, 5) is 12.1. The topological polar surface area (TPSA) is 17.1 Å². The van der Waals surface area contributed by atoms with E-state index in [1.807, 2.05) is 0 Å². The summed E-state index contributed by atoms with van der Waals surface area (Å²) in [6.45, 7) is 12.2. The van der Waals surface area contributed by atoms with Gasteiger partial charge in [-0.3, -0.25) is 4.79 Å². The molecule has 166 valence electrons. The third kappa shape index (κ3) is 3.63. The van der Waals surface area contributed by atoms with E-state index in [-0.39, 0.29) is 11.2 Å². The second-order valence-corrected chi connectivity index (χ2v) is 12.5. The van der Waals surface area contributed by atoms with Gasteiger partial charge in [0.15, 0.2) is 12.0 Å². The molecule has 0 saturated heterocycles. The molecule has 0 radical (unpaired) electrons. The van der Waals surface area contributed by atoms with Gasteiger partial charge in [0.25, 0.3) is 0 Å². The van der Waals surface area contributed by atoms with Crippen LogP contribution in [0, 0.1) is 52.3 Å². The Morgan fingerprint density at radius 2 is 1.69 bits per heavy atom. The molecule has 0 aliphatic heterocycles. The maximum absolute atomic E-state index is 14.5. The Morgan fingerprint density at radius 1 is 0.966 bits per heavy atom. The minimum Gasteiger partial charge on any atom is -0.296 e. The number of halogens is 1. The van der Waals surface area contributed by atoms with Gasteiger partial charge in [-0.25, -0.2) is 4.39 Å². The first kappa shape index (κ1) is 21.8. The smallest absolute Gasteiger partial charge is 0.167 e. The molecule has 1 nitrogen and oxygen atoms in total. The highest BCUT2D eigenvalue weighted by Crippen LogP contribution is 2.68. The zero-order valence-electron chi connectivity index (χ0n) is 19.7. The molecule has 0 aromatic rings. The van der Waals surface area contributed by atoms with E-state index in [0.717, 1.165) is 36.0 Å². The van der Waals surface area contributed by atoms with Crippen molar-refractivity contribution >= 4 is 5.78 Å². The number of alkyl halides is 1. The minimum absolute atomic E-state index is 0.0680. The molecule has 4 aliphatic rings. The lowest BCUT2D eigenvalue weighted by atomic mass is 9.44. The van der Waals surface area contributed by atoms with Gasteiger partial charge in [0.05, 0.1) is 0 Å². The monoisotopic (exact) mass is 404 g/mol. The molecule has 4 aliphatic carbocycles. The number of fused-ring (bicyclic) bond motifs is 5. The van der Waals surface area contributed by atoms with Crippen molar-refractivity contribution in [2.75, 3.05) is 0 Å². The van der Waals surface area contributed by atoms with Crippen LogP contribution in [0.1, 0.15) is 105 Å². The first-order valence-electron chi connectivity index (χ1n) is 12.8. The van der Waals surface area contributed by atoms with Crippen molar-refractivity contribution in [2.24, 2.45) is 52.3 Å². The van der Waals surface area contributed by atoms with Crippen LogP contribution in [0.15, 0.2) is 0 Å². The van der Waals surface area contributed by atoms with E-state index in [2.05, 4.69) is 34.6 Å². The first-order valence-corrected chi connectivity index (χ1v) is 12.8. The predicted molar refractivity (Wildman–Crippen MR) is 118 cm³/mol. The van der Waals surface area contributed by atoms with E-state index in [1.54, 1.807) is 0 Å². The van der Waals surface area contributed by atoms with Gasteiger partial charge < -0.3 is 0 Å². The molecule has 0 spiro atoms. The summed E-state index contributed by atoms with van der Waals surface area (Å²) < 4.78 is 14.5. The zero-order valence-corrected chi connectivity index (χ0v) is 19.7. The van der Waals surface area contributed by atoms with Crippen LogP contribution in [0.5, 0.6) is 0 Å². The lowest BCUT2D eigenvalue weighted by Gasteiger charge is -2.60. The fourth-order valence-electron chi connectivity index (χ4n) is 9.08. The summed E-state index contributed by atoms with van der Waals surface area (Å²) in [5.41, 5.74) is 0.569. The summed E-state index contributed by atoms with van der Waals surface area (Å²) in [6.07, 6.45) is 11.9. The van der Waals surface area contributed by atoms with E-state index in [1.165, 1.54) is 51.4 Å². The van der Waals surface area contributed by atoms with Crippen LogP contribution < -0.4 is 0 Å². The second-order valence-electron chi connectivity index (χ2n) is 12.5. The minimum atomic E-state index is -1.19. The first-order chi connectivity index (χ1) is 13.7. The van der Waals surface area contributed by atoms with Crippen molar-refractivity contribution in [1.29, 1.82) is 0 Å². The average Bonchev–Trinajstić information content (AvgIpc) is 3.00. The predicted octanol–water partition coefficient (Wildman–Crippen LogP) is 7.62. The van der Waals surface area contributed by atoms with Crippen LogP contribution in [-0.4, -0.2) is 12.0 Å². The van der Waals surface area contributed by atoms with Crippen molar-refractivity contribution in [2.45, 2.75) is 111 Å². The maximum Gasteiger partial charge on any atom is 0.167 e. The van der Waals surface area contributed by atoms with Crippen LogP contribution in [0.25, 0.3) is 0 Å². The van der Waals surface area contributed by atoms with Crippen molar-refractivity contribution in [1.82, 2.24) is 0 Å². The Bertz CT molecular complexity index is 614. The van der Waals surface area contributed by atoms with E-state index < -0.39 is 6.17 Å². The zero-order chi connectivity index (χ0) is 21.0. The van der Waals surface area contributed by atoms with E-state index in [0.29, 0.717) is 30.1 Å². The average molecular weight is 405 g/mol. The standard InChI is InChI=1S/C27H45FO/c1-17(2)7-6-8-18(3)21-11-12-22-20-10-9-19-15-25(29)24(28)16-27(19,5)23(20)13-14-26(21,22)4/h17-24H,6-16H2,1-5H3/t18-,19?,20+,21-,22+,23+,24?,26-,27+/m1/s1. The quantitative estimate of drug-likeness (QED) is 0.460. The van der Waals surface area contributed by atoms with Crippen LogP contribution in [-0.2, 0) is 4.79 Å². The molecule has 0 heterocycles. The molecule has 2 heteroatoms. The summed E-state index contributed by atoms with van der Waals surface area (Å²) in [5, 5.41) is 0. The Morgan fingerprint density at radius 3 is 2.41 bits per heavy atom. The van der Waals surface area contributed by atoms with Crippen LogP contribution in [0.4, 0.5) is 4.39 Å². The number of rotatable bonds is 5. The van der Waals surface area contributed by atoms with E-state index in [9.17, 15) is 9.18 Å². The lowest BCUT2D eigenvalue weighted by molar-refractivity contribution is -0.150. The Kier molecular flexibility index (Phi) is 5.97. The Balaban J connectivity index is 1.48. The van der Waals surface area contributed by atoms with Gasteiger partial charge in [-0.1, -0.05) is 53.9 Å². The lowest BCUT2D eigenvalue weighted by Crippen LogP contribution is -2.55. The third-order valence-corrected chi connectivity index (χ3v) is 10.7. The molecule has 0 aromatic heterocycles. The molecule has 0 amide bonds. The molecule has 0 aromatic carbocycles. The molecule has 0 N–H and O–H groups in total. The number of Topliss-reactive ketones (excluding diaryl/α,β-unsaturated/α-hetero) is 1. The molecule has 0 bridgehead atoms. The molecule has 4 rings (SSSR count). The molecule has 29 heavy (non-hydrogen) atoms. The number of ketones is 1. The number of carbonyl (C=O) groups excluding carboxylic acids is 1. The largest absolute Gasteiger partial charge is 0.296 e.